The van der Waals surface area contributed by atoms with Gasteiger partial charge in [0, 0.05) is 5.57 Å². The molecule has 0 bridgehead atoms. The van der Waals surface area contributed by atoms with E-state index in [0.29, 0.717) is 30.1 Å². The van der Waals surface area contributed by atoms with Gasteiger partial charge in [0.1, 0.15) is 0 Å². The highest BCUT2D eigenvalue weighted by molar-refractivity contribution is 5.85. The van der Waals surface area contributed by atoms with Crippen LogP contribution >= 0.6 is 0 Å². The molecule has 84 valence electrons. The first-order valence-electron chi connectivity index (χ1n) is 5.29. The third-order valence-electron chi connectivity index (χ3n) is 2.83. The van der Waals surface area contributed by atoms with Crippen LogP contribution in [0.25, 0.3) is 0 Å². The van der Waals surface area contributed by atoms with E-state index in [1.54, 1.807) is 0 Å². The van der Waals surface area contributed by atoms with Gasteiger partial charge in [-0.3, -0.25) is 0 Å². The number of carboxylic acid groups (broad SMARTS) is 1. The number of carbonyl (C=O) groups is 1. The van der Waals surface area contributed by atoms with Crippen LogP contribution in [0, 0.1) is 5.92 Å². The van der Waals surface area contributed by atoms with Crippen molar-refractivity contribution in [1.82, 2.24) is 0 Å². The standard InChI is InChI=1S/C11H16O4/c1-7(11(12)13)2-8(3-9-5-14-9)4-10-6-15-10/h8-10H,1-6H2,(H,12,13). The Balaban J connectivity index is 1.79. The van der Waals surface area contributed by atoms with E-state index in [9.17, 15) is 4.79 Å². The van der Waals surface area contributed by atoms with Crippen molar-refractivity contribution in [3.8, 4) is 0 Å². The monoisotopic (exact) mass is 212 g/mol. The van der Waals surface area contributed by atoms with Crippen molar-refractivity contribution in [2.45, 2.75) is 31.5 Å². The summed E-state index contributed by atoms with van der Waals surface area (Å²) in [6.45, 7) is 5.21. The molecule has 0 aromatic carbocycles. The molecular formula is C11H16O4. The molecule has 2 saturated heterocycles. The van der Waals surface area contributed by atoms with Crippen LogP contribution in [0.5, 0.6) is 0 Å². The Morgan fingerprint density at radius 3 is 2.13 bits per heavy atom. The van der Waals surface area contributed by atoms with Gasteiger partial charge in [0.2, 0.25) is 0 Å². The molecule has 0 aromatic heterocycles. The van der Waals surface area contributed by atoms with Crippen LogP contribution in [0.4, 0.5) is 0 Å². The van der Waals surface area contributed by atoms with E-state index in [4.69, 9.17) is 14.6 Å². The number of hydrogen-bond acceptors (Lipinski definition) is 3. The summed E-state index contributed by atoms with van der Waals surface area (Å²) in [5, 5.41) is 8.77. The van der Waals surface area contributed by atoms with Crippen LogP contribution < -0.4 is 0 Å². The van der Waals surface area contributed by atoms with Gasteiger partial charge in [0.15, 0.2) is 0 Å². The molecule has 2 fully saturated rings. The summed E-state index contributed by atoms with van der Waals surface area (Å²) >= 11 is 0. The van der Waals surface area contributed by atoms with Gasteiger partial charge in [0.05, 0.1) is 25.4 Å². The van der Waals surface area contributed by atoms with E-state index < -0.39 is 5.97 Å². The number of epoxide rings is 2. The van der Waals surface area contributed by atoms with Crippen molar-refractivity contribution < 1.29 is 19.4 Å². The SMILES string of the molecule is C=C(CC(CC1CO1)CC1CO1)C(=O)O. The first kappa shape index (κ1) is 10.6. The molecule has 0 aromatic rings. The predicted molar refractivity (Wildman–Crippen MR) is 53.6 cm³/mol. The highest BCUT2D eigenvalue weighted by atomic mass is 16.6. The van der Waals surface area contributed by atoms with Crippen LogP contribution in [-0.4, -0.2) is 36.5 Å². The smallest absolute Gasteiger partial charge is 0.330 e. The largest absolute Gasteiger partial charge is 0.478 e. The Morgan fingerprint density at radius 1 is 1.33 bits per heavy atom. The van der Waals surface area contributed by atoms with E-state index >= 15 is 0 Å². The summed E-state index contributed by atoms with van der Waals surface area (Å²) in [6, 6.07) is 0. The summed E-state index contributed by atoms with van der Waals surface area (Å²) < 4.78 is 10.3. The molecule has 2 aliphatic heterocycles. The summed E-state index contributed by atoms with van der Waals surface area (Å²) in [5.74, 6) is -0.554. The topological polar surface area (TPSA) is 62.4 Å². The van der Waals surface area contributed by atoms with Crippen molar-refractivity contribution in [3.05, 3.63) is 12.2 Å². The molecule has 4 nitrogen and oxygen atoms in total. The minimum atomic E-state index is -0.895. The molecule has 2 aliphatic rings. The predicted octanol–water partition coefficient (Wildman–Crippen LogP) is 1.21. The van der Waals surface area contributed by atoms with Crippen LogP contribution in [0.3, 0.4) is 0 Å². The normalized spacial score (nSPS) is 29.6. The van der Waals surface area contributed by atoms with Crippen molar-refractivity contribution in [1.29, 1.82) is 0 Å². The van der Waals surface area contributed by atoms with Gasteiger partial charge in [-0.1, -0.05) is 6.58 Å². The fraction of sp³-hybridized carbons (Fsp3) is 0.727. The lowest BCUT2D eigenvalue weighted by atomic mass is 9.91. The Kier molecular flexibility index (Phi) is 3.07. The van der Waals surface area contributed by atoms with E-state index in [0.717, 1.165) is 26.1 Å². The molecule has 0 aliphatic carbocycles. The molecule has 1 N–H and O–H groups in total. The Hall–Kier alpha value is -0.870. The third-order valence-corrected chi connectivity index (χ3v) is 2.83. The number of rotatable bonds is 7. The van der Waals surface area contributed by atoms with E-state index in [1.165, 1.54) is 0 Å². The van der Waals surface area contributed by atoms with Gasteiger partial charge in [-0.2, -0.15) is 0 Å². The lowest BCUT2D eigenvalue weighted by molar-refractivity contribution is -0.132. The highest BCUT2D eigenvalue weighted by Crippen LogP contribution is 2.31. The summed E-state index contributed by atoms with van der Waals surface area (Å²) in [6.07, 6.45) is 3.11. The third kappa shape index (κ3) is 3.64. The van der Waals surface area contributed by atoms with Gasteiger partial charge < -0.3 is 14.6 Å². The van der Waals surface area contributed by atoms with Gasteiger partial charge in [-0.15, -0.1) is 0 Å². The maximum absolute atomic E-state index is 10.7. The zero-order chi connectivity index (χ0) is 10.8. The van der Waals surface area contributed by atoms with Crippen molar-refractivity contribution >= 4 is 5.97 Å². The molecule has 0 spiro atoms. The Morgan fingerprint density at radius 2 is 1.80 bits per heavy atom. The zero-order valence-electron chi connectivity index (χ0n) is 8.65. The van der Waals surface area contributed by atoms with Gasteiger partial charge in [-0.05, 0) is 25.2 Å². The van der Waals surface area contributed by atoms with Gasteiger partial charge >= 0.3 is 5.97 Å². The molecule has 2 heterocycles. The fourth-order valence-corrected chi connectivity index (χ4v) is 1.85. The van der Waals surface area contributed by atoms with Crippen molar-refractivity contribution in [3.63, 3.8) is 0 Å². The quantitative estimate of drug-likeness (QED) is 0.509. The summed E-state index contributed by atoms with van der Waals surface area (Å²) in [5.41, 5.74) is 0.293. The lowest BCUT2D eigenvalue weighted by Gasteiger charge is -2.14. The second-order valence-electron chi connectivity index (χ2n) is 4.36. The molecule has 4 heteroatoms. The average molecular weight is 212 g/mol. The number of hydrogen-bond donors (Lipinski definition) is 1. The van der Waals surface area contributed by atoms with Crippen molar-refractivity contribution in [2.24, 2.45) is 5.92 Å². The minimum absolute atomic E-state index is 0.293. The summed E-state index contributed by atoms with van der Waals surface area (Å²) in [7, 11) is 0. The van der Waals surface area contributed by atoms with E-state index in [2.05, 4.69) is 6.58 Å². The first-order chi connectivity index (χ1) is 7.15. The first-order valence-corrected chi connectivity index (χ1v) is 5.29. The molecular weight excluding hydrogens is 196 g/mol. The molecule has 2 unspecified atom stereocenters. The minimum Gasteiger partial charge on any atom is -0.478 e. The van der Waals surface area contributed by atoms with E-state index in [1.807, 2.05) is 0 Å². The van der Waals surface area contributed by atoms with Crippen molar-refractivity contribution in [2.75, 3.05) is 13.2 Å². The van der Waals surface area contributed by atoms with Crippen LogP contribution in [-0.2, 0) is 14.3 Å². The molecule has 0 saturated carbocycles. The molecule has 0 amide bonds. The maximum Gasteiger partial charge on any atom is 0.330 e. The van der Waals surface area contributed by atoms with Crippen LogP contribution in [0.1, 0.15) is 19.3 Å². The van der Waals surface area contributed by atoms with Crippen LogP contribution in [0.2, 0.25) is 0 Å². The van der Waals surface area contributed by atoms with Crippen LogP contribution in [0.15, 0.2) is 12.2 Å². The zero-order valence-corrected chi connectivity index (χ0v) is 8.65. The Labute approximate surface area is 88.9 Å². The molecule has 0 radical (unpaired) electrons. The second-order valence-corrected chi connectivity index (χ2v) is 4.36. The Bertz CT molecular complexity index is 252. The molecule has 2 rings (SSSR count). The fourth-order valence-electron chi connectivity index (χ4n) is 1.85. The number of ether oxygens (including phenoxy) is 2. The molecule has 15 heavy (non-hydrogen) atoms. The van der Waals surface area contributed by atoms with Gasteiger partial charge in [-0.25, -0.2) is 4.79 Å². The number of aliphatic carboxylic acids is 1. The average Bonchev–Trinajstić information content (AvgIpc) is 2.98. The molecule has 2 atom stereocenters. The second kappa shape index (κ2) is 4.33. The van der Waals surface area contributed by atoms with E-state index in [-0.39, 0.29) is 0 Å². The summed E-state index contributed by atoms with van der Waals surface area (Å²) in [4.78, 5) is 10.7. The van der Waals surface area contributed by atoms with Gasteiger partial charge in [0.25, 0.3) is 0 Å². The number of carboxylic acids is 1. The lowest BCUT2D eigenvalue weighted by Crippen LogP contribution is -2.12. The highest BCUT2D eigenvalue weighted by Gasteiger charge is 2.32. The maximum atomic E-state index is 10.7.